The van der Waals surface area contributed by atoms with Gasteiger partial charge >= 0.3 is 6.03 Å². The van der Waals surface area contributed by atoms with E-state index in [0.717, 1.165) is 23.2 Å². The fraction of sp³-hybridized carbons (Fsp3) is 0.462. The lowest BCUT2D eigenvalue weighted by Gasteiger charge is -2.36. The zero-order valence-electron chi connectivity index (χ0n) is 19.6. The predicted octanol–water partition coefficient (Wildman–Crippen LogP) is 5.54. The minimum absolute atomic E-state index is 0.0168. The molecule has 0 aromatic heterocycles. The Labute approximate surface area is 186 Å². The number of urea groups is 1. The molecule has 2 aromatic carbocycles. The third kappa shape index (κ3) is 4.92. The third-order valence-electron chi connectivity index (χ3n) is 6.24. The van der Waals surface area contributed by atoms with Crippen LogP contribution in [-0.2, 0) is 11.2 Å². The van der Waals surface area contributed by atoms with Crippen molar-refractivity contribution < 1.29 is 9.59 Å². The second-order valence-corrected chi connectivity index (χ2v) is 9.12. The van der Waals surface area contributed by atoms with E-state index in [1.165, 1.54) is 16.0 Å². The zero-order valence-corrected chi connectivity index (χ0v) is 19.6. The molecule has 1 N–H and O–H groups in total. The smallest absolute Gasteiger partial charge is 0.322 e. The lowest BCUT2D eigenvalue weighted by molar-refractivity contribution is -0.134. The van der Waals surface area contributed by atoms with Crippen LogP contribution in [0.3, 0.4) is 0 Å². The molecule has 166 valence electrons. The van der Waals surface area contributed by atoms with Gasteiger partial charge < -0.3 is 15.1 Å². The van der Waals surface area contributed by atoms with Gasteiger partial charge in [-0.05, 0) is 47.4 Å². The number of hydrogen-bond acceptors (Lipinski definition) is 2. The maximum atomic E-state index is 13.0. The first-order chi connectivity index (χ1) is 14.7. The number of amides is 3. The molecule has 5 heteroatoms. The van der Waals surface area contributed by atoms with Crippen LogP contribution in [0.25, 0.3) is 0 Å². The molecule has 0 bridgehead atoms. The fourth-order valence-corrected chi connectivity index (χ4v) is 4.38. The van der Waals surface area contributed by atoms with Crippen molar-refractivity contribution in [3.63, 3.8) is 0 Å². The van der Waals surface area contributed by atoms with E-state index < -0.39 is 0 Å². The SMILES string of the molecule is CC(C)c1cccc(C(C)C)c1NC(=O)N(C)CC(=O)N1CCc2ccccc2C1C. The van der Waals surface area contributed by atoms with Crippen LogP contribution in [0, 0.1) is 0 Å². The Morgan fingerprint density at radius 1 is 1.03 bits per heavy atom. The van der Waals surface area contributed by atoms with E-state index in [0.29, 0.717) is 6.54 Å². The molecule has 3 rings (SSSR count). The monoisotopic (exact) mass is 421 g/mol. The van der Waals surface area contributed by atoms with Crippen LogP contribution in [0.15, 0.2) is 42.5 Å². The second-order valence-electron chi connectivity index (χ2n) is 9.12. The number of rotatable bonds is 5. The van der Waals surface area contributed by atoms with Crippen LogP contribution >= 0.6 is 0 Å². The van der Waals surface area contributed by atoms with Gasteiger partial charge in [0.05, 0.1) is 6.04 Å². The van der Waals surface area contributed by atoms with E-state index in [9.17, 15) is 9.59 Å². The van der Waals surface area contributed by atoms with E-state index in [2.05, 4.69) is 64.2 Å². The van der Waals surface area contributed by atoms with Crippen molar-refractivity contribution in [1.82, 2.24) is 9.80 Å². The largest absolute Gasteiger partial charge is 0.334 e. The molecule has 0 aliphatic carbocycles. The quantitative estimate of drug-likeness (QED) is 0.689. The molecule has 31 heavy (non-hydrogen) atoms. The number of likely N-dealkylation sites (N-methyl/N-ethyl adjacent to an activating group) is 1. The Morgan fingerprint density at radius 3 is 2.26 bits per heavy atom. The molecule has 3 amide bonds. The topological polar surface area (TPSA) is 52.7 Å². The van der Waals surface area contributed by atoms with Crippen molar-refractivity contribution in [1.29, 1.82) is 0 Å². The molecule has 0 radical (unpaired) electrons. The summed E-state index contributed by atoms with van der Waals surface area (Å²) in [6.45, 7) is 11.3. The number of carbonyl (C=O) groups excluding carboxylic acids is 2. The van der Waals surface area contributed by atoms with E-state index in [4.69, 9.17) is 0 Å². The van der Waals surface area contributed by atoms with Crippen LogP contribution < -0.4 is 5.32 Å². The highest BCUT2D eigenvalue weighted by Crippen LogP contribution is 2.33. The van der Waals surface area contributed by atoms with Crippen LogP contribution in [0.2, 0.25) is 0 Å². The van der Waals surface area contributed by atoms with Crippen molar-refractivity contribution in [3.05, 3.63) is 64.7 Å². The van der Waals surface area contributed by atoms with Gasteiger partial charge in [-0.25, -0.2) is 4.79 Å². The number of fused-ring (bicyclic) bond motifs is 1. The number of nitrogens with one attached hydrogen (secondary N) is 1. The van der Waals surface area contributed by atoms with Crippen molar-refractivity contribution in [3.8, 4) is 0 Å². The lowest BCUT2D eigenvalue weighted by Crippen LogP contribution is -2.45. The van der Waals surface area contributed by atoms with Gasteiger partial charge in [-0.1, -0.05) is 70.2 Å². The summed E-state index contributed by atoms with van der Waals surface area (Å²) in [6, 6.07) is 14.2. The fourth-order valence-electron chi connectivity index (χ4n) is 4.38. The summed E-state index contributed by atoms with van der Waals surface area (Å²) in [7, 11) is 1.68. The maximum absolute atomic E-state index is 13.0. The number of anilines is 1. The van der Waals surface area contributed by atoms with Crippen molar-refractivity contribution >= 4 is 17.6 Å². The zero-order chi connectivity index (χ0) is 22.7. The minimum atomic E-state index is -0.256. The van der Waals surface area contributed by atoms with Gasteiger partial charge in [-0.15, -0.1) is 0 Å². The number of hydrogen-bond donors (Lipinski definition) is 1. The molecule has 0 fully saturated rings. The Morgan fingerprint density at radius 2 is 1.65 bits per heavy atom. The van der Waals surface area contributed by atoms with Gasteiger partial charge in [-0.2, -0.15) is 0 Å². The highest BCUT2D eigenvalue weighted by molar-refractivity contribution is 5.94. The van der Waals surface area contributed by atoms with E-state index in [-0.39, 0.29) is 36.4 Å². The third-order valence-corrected chi connectivity index (χ3v) is 6.24. The summed E-state index contributed by atoms with van der Waals surface area (Å²) in [6.07, 6.45) is 0.849. The summed E-state index contributed by atoms with van der Waals surface area (Å²) < 4.78 is 0. The molecule has 0 saturated heterocycles. The number of para-hydroxylation sites is 1. The summed E-state index contributed by atoms with van der Waals surface area (Å²) in [5, 5.41) is 3.09. The number of carbonyl (C=O) groups is 2. The van der Waals surface area contributed by atoms with Crippen LogP contribution in [0.5, 0.6) is 0 Å². The molecule has 1 unspecified atom stereocenters. The summed E-state index contributed by atoms with van der Waals surface area (Å²) in [5.74, 6) is 0.547. The maximum Gasteiger partial charge on any atom is 0.322 e. The van der Waals surface area contributed by atoms with Gasteiger partial charge in [0, 0.05) is 19.3 Å². The molecule has 5 nitrogen and oxygen atoms in total. The van der Waals surface area contributed by atoms with Gasteiger partial charge in [0.2, 0.25) is 5.91 Å². The first kappa shape index (κ1) is 22.9. The molecule has 0 spiro atoms. The van der Waals surface area contributed by atoms with Crippen molar-refractivity contribution in [2.45, 2.75) is 58.9 Å². The highest BCUT2D eigenvalue weighted by Gasteiger charge is 2.28. The average Bonchev–Trinajstić information content (AvgIpc) is 2.73. The minimum Gasteiger partial charge on any atom is -0.334 e. The first-order valence-corrected chi connectivity index (χ1v) is 11.2. The normalized spacial score (nSPS) is 15.7. The predicted molar refractivity (Wildman–Crippen MR) is 127 cm³/mol. The van der Waals surface area contributed by atoms with E-state index in [1.54, 1.807) is 7.05 Å². The Hall–Kier alpha value is -2.82. The van der Waals surface area contributed by atoms with Crippen molar-refractivity contribution in [2.24, 2.45) is 0 Å². The van der Waals surface area contributed by atoms with Gasteiger partial charge in [0.15, 0.2) is 0 Å². The van der Waals surface area contributed by atoms with Crippen LogP contribution in [0.4, 0.5) is 10.5 Å². The Kier molecular flexibility index (Phi) is 7.04. The summed E-state index contributed by atoms with van der Waals surface area (Å²) in [4.78, 5) is 29.4. The lowest BCUT2D eigenvalue weighted by atomic mass is 9.93. The summed E-state index contributed by atoms with van der Waals surface area (Å²) >= 11 is 0. The molecule has 2 aromatic rings. The molecular weight excluding hydrogens is 386 g/mol. The van der Waals surface area contributed by atoms with E-state index >= 15 is 0 Å². The Bertz CT molecular complexity index is 925. The molecule has 1 atom stereocenters. The van der Waals surface area contributed by atoms with Crippen LogP contribution in [-0.4, -0.2) is 41.9 Å². The van der Waals surface area contributed by atoms with E-state index in [1.807, 2.05) is 23.1 Å². The highest BCUT2D eigenvalue weighted by atomic mass is 16.2. The van der Waals surface area contributed by atoms with Gasteiger partial charge in [-0.3, -0.25) is 4.79 Å². The Balaban J connectivity index is 1.71. The van der Waals surface area contributed by atoms with Gasteiger partial charge in [0.25, 0.3) is 0 Å². The molecule has 1 aliphatic heterocycles. The molecule has 0 saturated carbocycles. The molecule has 1 heterocycles. The number of nitrogens with zero attached hydrogens (tertiary/aromatic N) is 2. The standard InChI is InChI=1S/C26H35N3O2/c1-17(2)21-12-9-13-22(18(3)4)25(21)27-26(31)28(6)16-24(30)29-15-14-20-10-7-8-11-23(20)19(29)5/h7-13,17-19H,14-16H2,1-6H3,(H,27,31). The second kappa shape index (κ2) is 9.54. The first-order valence-electron chi connectivity index (χ1n) is 11.2. The molecular formula is C26H35N3O2. The number of benzene rings is 2. The van der Waals surface area contributed by atoms with Crippen LogP contribution in [0.1, 0.15) is 74.8 Å². The van der Waals surface area contributed by atoms with Gasteiger partial charge in [0.1, 0.15) is 6.54 Å². The molecule has 1 aliphatic rings. The van der Waals surface area contributed by atoms with Crippen molar-refractivity contribution in [2.75, 3.05) is 25.5 Å². The average molecular weight is 422 g/mol. The summed E-state index contributed by atoms with van der Waals surface area (Å²) in [5.41, 5.74) is 5.59.